The lowest BCUT2D eigenvalue weighted by Gasteiger charge is -2.09. The predicted molar refractivity (Wildman–Crippen MR) is 114 cm³/mol. The largest absolute Gasteiger partial charge is 0.348 e. The van der Waals surface area contributed by atoms with Crippen molar-refractivity contribution >= 4 is 17.0 Å². The van der Waals surface area contributed by atoms with Crippen LogP contribution in [-0.2, 0) is 13.1 Å². The maximum atomic E-state index is 12.7. The molecule has 1 aromatic carbocycles. The van der Waals surface area contributed by atoms with E-state index in [0.29, 0.717) is 24.4 Å². The molecule has 0 radical (unpaired) electrons. The molecule has 1 amide bonds. The van der Waals surface area contributed by atoms with Crippen LogP contribution in [0.4, 0.5) is 0 Å². The number of fused-ring (bicyclic) bond motifs is 1. The van der Waals surface area contributed by atoms with Crippen molar-refractivity contribution in [3.05, 3.63) is 76.4 Å². The highest BCUT2D eigenvalue weighted by atomic mass is 16.5. The standard InChI is InChI=1S/C23H25N5O2/c1-14(2)21-20-10-19(12-25-23(20)30-27-21)22(29)24-11-17-6-5-7-18(9-17)13-28-16(4)8-15(3)26-28/h5-10,12,14H,11,13H2,1-4H3,(H,24,29). The number of aromatic nitrogens is 4. The number of aryl methyl sites for hydroxylation is 2. The number of pyridine rings is 1. The Bertz CT molecular complexity index is 1210. The first-order valence-corrected chi connectivity index (χ1v) is 10.0. The van der Waals surface area contributed by atoms with E-state index in [2.05, 4.69) is 45.7 Å². The maximum Gasteiger partial charge on any atom is 0.257 e. The normalized spacial score (nSPS) is 11.4. The molecule has 0 saturated heterocycles. The van der Waals surface area contributed by atoms with Crippen molar-refractivity contribution in [1.29, 1.82) is 0 Å². The van der Waals surface area contributed by atoms with Crippen molar-refractivity contribution in [3.8, 4) is 0 Å². The fourth-order valence-corrected chi connectivity index (χ4v) is 3.52. The van der Waals surface area contributed by atoms with Gasteiger partial charge in [0.05, 0.1) is 28.9 Å². The Hall–Kier alpha value is -3.48. The topological polar surface area (TPSA) is 85.8 Å². The van der Waals surface area contributed by atoms with E-state index >= 15 is 0 Å². The molecule has 0 aliphatic rings. The minimum Gasteiger partial charge on any atom is -0.348 e. The summed E-state index contributed by atoms with van der Waals surface area (Å²) in [4.78, 5) is 16.9. The van der Waals surface area contributed by atoms with E-state index in [4.69, 9.17) is 4.52 Å². The van der Waals surface area contributed by atoms with Gasteiger partial charge in [0.15, 0.2) is 0 Å². The number of amides is 1. The average Bonchev–Trinajstić information content (AvgIpc) is 3.28. The number of nitrogens with one attached hydrogen (secondary N) is 1. The van der Waals surface area contributed by atoms with Crippen molar-refractivity contribution in [3.63, 3.8) is 0 Å². The van der Waals surface area contributed by atoms with Crippen LogP contribution in [0.25, 0.3) is 11.1 Å². The molecule has 154 valence electrons. The summed E-state index contributed by atoms with van der Waals surface area (Å²) in [5.74, 6) is 0.0144. The molecule has 0 unspecified atom stereocenters. The highest BCUT2D eigenvalue weighted by Gasteiger charge is 2.15. The third-order valence-corrected chi connectivity index (χ3v) is 5.05. The summed E-state index contributed by atoms with van der Waals surface area (Å²) in [6.07, 6.45) is 1.52. The summed E-state index contributed by atoms with van der Waals surface area (Å²) in [6, 6.07) is 12.0. The van der Waals surface area contributed by atoms with E-state index in [0.717, 1.165) is 33.6 Å². The third kappa shape index (κ3) is 4.10. The zero-order valence-corrected chi connectivity index (χ0v) is 17.6. The second-order valence-electron chi connectivity index (χ2n) is 7.89. The smallest absolute Gasteiger partial charge is 0.257 e. The Morgan fingerprint density at radius 3 is 2.70 bits per heavy atom. The number of rotatable bonds is 6. The van der Waals surface area contributed by atoms with Gasteiger partial charge < -0.3 is 9.84 Å². The molecule has 0 atom stereocenters. The van der Waals surface area contributed by atoms with Crippen LogP contribution in [0.15, 0.2) is 47.1 Å². The molecule has 0 saturated carbocycles. The summed E-state index contributed by atoms with van der Waals surface area (Å²) in [5.41, 5.74) is 6.06. The molecule has 0 aliphatic carbocycles. The van der Waals surface area contributed by atoms with Gasteiger partial charge in [-0.05, 0) is 43.0 Å². The SMILES string of the molecule is Cc1cc(C)n(Cc2cccc(CNC(=O)c3cnc4onc(C(C)C)c4c3)c2)n1. The molecule has 30 heavy (non-hydrogen) atoms. The molecule has 0 bridgehead atoms. The first kappa shape index (κ1) is 19.8. The van der Waals surface area contributed by atoms with E-state index in [1.165, 1.54) is 6.20 Å². The second kappa shape index (κ2) is 8.10. The molecular formula is C23H25N5O2. The van der Waals surface area contributed by atoms with Crippen LogP contribution in [0.3, 0.4) is 0 Å². The summed E-state index contributed by atoms with van der Waals surface area (Å²) in [5, 5.41) is 12.3. The lowest BCUT2D eigenvalue weighted by Crippen LogP contribution is -2.23. The van der Waals surface area contributed by atoms with Crippen LogP contribution in [0.5, 0.6) is 0 Å². The quantitative estimate of drug-likeness (QED) is 0.523. The van der Waals surface area contributed by atoms with Gasteiger partial charge in [-0.1, -0.05) is 43.3 Å². The molecule has 7 heteroatoms. The van der Waals surface area contributed by atoms with Crippen LogP contribution in [-0.4, -0.2) is 25.8 Å². The van der Waals surface area contributed by atoms with Gasteiger partial charge in [-0.15, -0.1) is 0 Å². The molecule has 3 aromatic heterocycles. The summed E-state index contributed by atoms with van der Waals surface area (Å²) in [7, 11) is 0. The van der Waals surface area contributed by atoms with Crippen molar-refractivity contribution in [1.82, 2.24) is 25.2 Å². The highest BCUT2D eigenvalue weighted by molar-refractivity contribution is 5.97. The minimum atomic E-state index is -0.177. The molecule has 4 aromatic rings. The minimum absolute atomic E-state index is 0.177. The highest BCUT2D eigenvalue weighted by Crippen LogP contribution is 2.24. The predicted octanol–water partition coefficient (Wildman–Crippen LogP) is 4.14. The Morgan fingerprint density at radius 1 is 1.17 bits per heavy atom. The van der Waals surface area contributed by atoms with Crippen LogP contribution in [0.2, 0.25) is 0 Å². The van der Waals surface area contributed by atoms with Crippen molar-refractivity contribution in [2.24, 2.45) is 0 Å². The van der Waals surface area contributed by atoms with Gasteiger partial charge in [-0.3, -0.25) is 9.48 Å². The van der Waals surface area contributed by atoms with E-state index in [1.54, 1.807) is 6.07 Å². The molecule has 4 rings (SSSR count). The Kier molecular flexibility index (Phi) is 5.35. The zero-order valence-electron chi connectivity index (χ0n) is 17.6. The van der Waals surface area contributed by atoms with Gasteiger partial charge >= 0.3 is 0 Å². The number of benzene rings is 1. The van der Waals surface area contributed by atoms with E-state index in [9.17, 15) is 4.79 Å². The lowest BCUT2D eigenvalue weighted by molar-refractivity contribution is 0.0950. The third-order valence-electron chi connectivity index (χ3n) is 5.05. The van der Waals surface area contributed by atoms with Crippen LogP contribution < -0.4 is 5.32 Å². The number of carbonyl (C=O) groups excluding carboxylic acids is 1. The molecule has 7 nitrogen and oxygen atoms in total. The summed E-state index contributed by atoms with van der Waals surface area (Å²) < 4.78 is 7.23. The van der Waals surface area contributed by atoms with Gasteiger partial charge in [-0.25, -0.2) is 4.98 Å². The average molecular weight is 403 g/mol. The number of hydrogen-bond donors (Lipinski definition) is 1. The van der Waals surface area contributed by atoms with Crippen molar-refractivity contribution in [2.75, 3.05) is 0 Å². The van der Waals surface area contributed by atoms with Gasteiger partial charge in [0, 0.05) is 18.4 Å². The number of hydrogen-bond acceptors (Lipinski definition) is 5. The van der Waals surface area contributed by atoms with Crippen LogP contribution >= 0.6 is 0 Å². The second-order valence-corrected chi connectivity index (χ2v) is 7.89. The fraction of sp³-hybridized carbons (Fsp3) is 0.304. The van der Waals surface area contributed by atoms with Crippen LogP contribution in [0.1, 0.15) is 58.3 Å². The van der Waals surface area contributed by atoms with E-state index < -0.39 is 0 Å². The van der Waals surface area contributed by atoms with E-state index in [-0.39, 0.29) is 11.8 Å². The summed E-state index contributed by atoms with van der Waals surface area (Å²) >= 11 is 0. The molecule has 3 heterocycles. The Labute approximate surface area is 175 Å². The zero-order chi connectivity index (χ0) is 21.3. The van der Waals surface area contributed by atoms with Gasteiger partial charge in [0.2, 0.25) is 0 Å². The van der Waals surface area contributed by atoms with Gasteiger partial charge in [-0.2, -0.15) is 5.10 Å². The molecular weight excluding hydrogens is 378 g/mol. The maximum absolute atomic E-state index is 12.7. The lowest BCUT2D eigenvalue weighted by atomic mass is 10.1. The first-order valence-electron chi connectivity index (χ1n) is 10.0. The van der Waals surface area contributed by atoms with Gasteiger partial charge in [0.25, 0.3) is 11.6 Å². The fourth-order valence-electron chi connectivity index (χ4n) is 3.52. The molecule has 0 fully saturated rings. The Morgan fingerprint density at radius 2 is 1.97 bits per heavy atom. The number of nitrogens with zero attached hydrogens (tertiary/aromatic N) is 4. The van der Waals surface area contributed by atoms with Crippen molar-refractivity contribution < 1.29 is 9.32 Å². The van der Waals surface area contributed by atoms with E-state index in [1.807, 2.05) is 37.6 Å². The van der Waals surface area contributed by atoms with Crippen molar-refractivity contribution in [2.45, 2.75) is 46.7 Å². The van der Waals surface area contributed by atoms with Gasteiger partial charge in [0.1, 0.15) is 0 Å². The Balaban J connectivity index is 1.45. The van der Waals surface area contributed by atoms with Crippen LogP contribution in [0, 0.1) is 13.8 Å². The summed E-state index contributed by atoms with van der Waals surface area (Å²) in [6.45, 7) is 9.24. The molecule has 0 spiro atoms. The number of carbonyl (C=O) groups is 1. The molecule has 1 N–H and O–H groups in total. The monoisotopic (exact) mass is 403 g/mol. The molecule has 0 aliphatic heterocycles. The first-order chi connectivity index (χ1) is 14.4.